The normalized spacial score (nSPS) is 25.9. The quantitative estimate of drug-likeness (QED) is 0.904. The van der Waals surface area contributed by atoms with Gasteiger partial charge in [0.15, 0.2) is 0 Å². The number of nitrogens with zero attached hydrogens (tertiary/aromatic N) is 1. The molecule has 0 spiro atoms. The van der Waals surface area contributed by atoms with E-state index < -0.39 is 0 Å². The largest absolute Gasteiger partial charge is 0.326 e. The van der Waals surface area contributed by atoms with Crippen LogP contribution in [0.3, 0.4) is 0 Å². The Morgan fingerprint density at radius 1 is 1.08 bits per heavy atom. The molecule has 0 saturated carbocycles. The molecule has 1 aromatic carbocycles. The third kappa shape index (κ3) is 3.00. The van der Waals surface area contributed by atoms with Crippen LogP contribution in [0.25, 0.3) is 0 Å². The Balaban J connectivity index is 1.55. The van der Waals surface area contributed by atoms with Crippen molar-refractivity contribution in [2.24, 2.45) is 0 Å². The van der Waals surface area contributed by atoms with Crippen molar-refractivity contribution in [3.8, 4) is 0 Å². The van der Waals surface area contributed by atoms with Gasteiger partial charge in [-0.2, -0.15) is 0 Å². The van der Waals surface area contributed by atoms with Crippen LogP contribution in [0.15, 0.2) is 47.3 Å². The van der Waals surface area contributed by atoms with Crippen LogP contribution in [0.5, 0.6) is 0 Å². The van der Waals surface area contributed by atoms with Gasteiger partial charge >= 0.3 is 0 Å². The first kappa shape index (κ1) is 16.1. The second kappa shape index (κ2) is 6.48. The lowest BCUT2D eigenvalue weighted by Crippen LogP contribution is -2.41. The number of carbonyl (C=O) groups excluding carboxylic acids is 1. The number of pyridine rings is 1. The molecule has 0 unspecified atom stereocenters. The van der Waals surface area contributed by atoms with E-state index in [1.165, 1.54) is 0 Å². The number of amides is 1. The van der Waals surface area contributed by atoms with E-state index in [2.05, 4.69) is 17.2 Å². The second-order valence-electron chi connectivity index (χ2n) is 7.05. The zero-order valence-electron chi connectivity index (χ0n) is 14.4. The van der Waals surface area contributed by atoms with Crippen molar-refractivity contribution in [1.82, 2.24) is 10.3 Å². The molecule has 2 aliphatic rings. The number of aryl methyl sites for hydroxylation is 1. The third-order valence-electron chi connectivity index (χ3n) is 5.32. The fourth-order valence-electron chi connectivity index (χ4n) is 4.16. The summed E-state index contributed by atoms with van der Waals surface area (Å²) in [5.74, 6) is 0.134. The van der Waals surface area contributed by atoms with Crippen LogP contribution in [-0.2, 0) is 11.2 Å². The summed E-state index contributed by atoms with van der Waals surface area (Å²) in [5.41, 5.74) is 3.04. The summed E-state index contributed by atoms with van der Waals surface area (Å²) in [5, 5.41) is 3.56. The first-order valence-electron chi connectivity index (χ1n) is 9.00. The van der Waals surface area contributed by atoms with Crippen molar-refractivity contribution < 1.29 is 4.79 Å². The Morgan fingerprint density at radius 2 is 1.88 bits per heavy atom. The van der Waals surface area contributed by atoms with Gasteiger partial charge in [0.1, 0.15) is 0 Å². The number of aromatic amines is 1. The summed E-state index contributed by atoms with van der Waals surface area (Å²) in [6.45, 7) is 2.10. The van der Waals surface area contributed by atoms with Gasteiger partial charge in [0.2, 0.25) is 11.5 Å². The van der Waals surface area contributed by atoms with Gasteiger partial charge in [-0.15, -0.1) is 0 Å². The van der Waals surface area contributed by atoms with Crippen molar-refractivity contribution in [3.63, 3.8) is 0 Å². The van der Waals surface area contributed by atoms with E-state index in [9.17, 15) is 9.59 Å². The predicted octanol–water partition coefficient (Wildman–Crippen LogP) is 2.54. The van der Waals surface area contributed by atoms with Gasteiger partial charge in [0.25, 0.3) is 0 Å². The number of aromatic nitrogens is 1. The maximum atomic E-state index is 13.0. The summed E-state index contributed by atoms with van der Waals surface area (Å²) in [4.78, 5) is 29.4. The van der Waals surface area contributed by atoms with E-state index in [-0.39, 0.29) is 29.6 Å². The van der Waals surface area contributed by atoms with Crippen LogP contribution in [0.4, 0.5) is 5.69 Å². The van der Waals surface area contributed by atoms with E-state index >= 15 is 0 Å². The van der Waals surface area contributed by atoms with E-state index in [4.69, 9.17) is 0 Å². The first-order valence-corrected chi connectivity index (χ1v) is 9.00. The number of para-hydroxylation sites is 1. The summed E-state index contributed by atoms with van der Waals surface area (Å²) >= 11 is 0. The molecule has 1 aliphatic carbocycles. The maximum absolute atomic E-state index is 13.0. The van der Waals surface area contributed by atoms with Crippen molar-refractivity contribution >= 4 is 11.6 Å². The van der Waals surface area contributed by atoms with Gasteiger partial charge in [-0.05, 0) is 50.3 Å². The molecule has 1 saturated heterocycles. The number of anilines is 1. The molecule has 1 aromatic heterocycles. The molecule has 5 heteroatoms. The summed E-state index contributed by atoms with van der Waals surface area (Å²) in [6.07, 6.45) is 3.70. The Kier molecular flexibility index (Phi) is 4.17. The van der Waals surface area contributed by atoms with Crippen LogP contribution in [0.1, 0.15) is 43.5 Å². The lowest BCUT2D eigenvalue weighted by Gasteiger charge is -2.28. The number of hydrogen-bond acceptors (Lipinski definition) is 3. The monoisotopic (exact) mass is 337 g/mol. The highest BCUT2D eigenvalue weighted by molar-refractivity contribution is 6.00. The van der Waals surface area contributed by atoms with Gasteiger partial charge in [-0.25, -0.2) is 0 Å². The number of nitrogens with one attached hydrogen (secondary N) is 2. The fraction of sp³-hybridized carbons (Fsp3) is 0.400. The minimum atomic E-state index is -0.182. The molecule has 1 fully saturated rings. The molecule has 1 amide bonds. The lowest BCUT2D eigenvalue weighted by molar-refractivity contribution is -0.119. The highest BCUT2D eigenvalue weighted by Crippen LogP contribution is 2.32. The molecule has 2 N–H and O–H groups in total. The van der Waals surface area contributed by atoms with Gasteiger partial charge in [-0.1, -0.05) is 24.3 Å². The van der Waals surface area contributed by atoms with Crippen LogP contribution < -0.4 is 15.8 Å². The minimum absolute atomic E-state index is 0.0554. The number of rotatable bonds is 3. The van der Waals surface area contributed by atoms with Gasteiger partial charge in [0, 0.05) is 29.5 Å². The molecule has 4 rings (SSSR count). The molecule has 2 aromatic rings. The predicted molar refractivity (Wildman–Crippen MR) is 97.7 cm³/mol. The van der Waals surface area contributed by atoms with E-state index in [0.29, 0.717) is 0 Å². The van der Waals surface area contributed by atoms with Crippen LogP contribution in [0.2, 0.25) is 0 Å². The van der Waals surface area contributed by atoms with Crippen molar-refractivity contribution in [2.75, 3.05) is 4.90 Å². The number of H-pyrrole nitrogens is 1. The van der Waals surface area contributed by atoms with Crippen LogP contribution in [0, 0.1) is 0 Å². The molecule has 5 nitrogen and oxygen atoms in total. The summed E-state index contributed by atoms with van der Waals surface area (Å²) in [7, 11) is 0. The van der Waals surface area contributed by atoms with E-state index in [1.807, 2.05) is 41.3 Å². The van der Waals surface area contributed by atoms with Crippen molar-refractivity contribution in [2.45, 2.75) is 50.7 Å². The average molecular weight is 337 g/mol. The summed E-state index contributed by atoms with van der Waals surface area (Å²) < 4.78 is 0. The zero-order valence-corrected chi connectivity index (χ0v) is 14.4. The number of benzene rings is 1. The van der Waals surface area contributed by atoms with Crippen molar-refractivity contribution in [1.29, 1.82) is 0 Å². The van der Waals surface area contributed by atoms with Gasteiger partial charge < -0.3 is 9.88 Å². The molecule has 0 bridgehead atoms. The molecular formula is C20H23N3O2. The third-order valence-corrected chi connectivity index (χ3v) is 5.32. The SMILES string of the molecule is C[C@@H]1C[C@@H](N[C@@H]2CCCc3[nH]c(=O)ccc32)C(=O)N1c1ccccc1. The van der Waals surface area contributed by atoms with E-state index in [0.717, 1.165) is 42.6 Å². The van der Waals surface area contributed by atoms with Crippen LogP contribution >= 0.6 is 0 Å². The average Bonchev–Trinajstić information content (AvgIpc) is 2.89. The number of fused-ring (bicyclic) bond motifs is 1. The smallest absolute Gasteiger partial charge is 0.248 e. The van der Waals surface area contributed by atoms with Gasteiger partial charge in [0.05, 0.1) is 6.04 Å². The highest BCUT2D eigenvalue weighted by Gasteiger charge is 2.39. The van der Waals surface area contributed by atoms with E-state index in [1.54, 1.807) is 6.07 Å². The number of carbonyl (C=O) groups is 1. The molecule has 3 atom stereocenters. The lowest BCUT2D eigenvalue weighted by atomic mass is 9.90. The fourth-order valence-corrected chi connectivity index (χ4v) is 4.16. The standard InChI is InChI=1S/C20H23N3O2/c1-13-12-18(20(25)23(13)14-6-3-2-4-7-14)21-16-8-5-9-17-15(16)10-11-19(24)22-17/h2-4,6-7,10-11,13,16,18,21H,5,8-9,12H2,1H3,(H,22,24)/t13-,16-,18-/m1/s1. The Morgan fingerprint density at radius 3 is 2.68 bits per heavy atom. The first-order chi connectivity index (χ1) is 12.1. The van der Waals surface area contributed by atoms with Crippen LogP contribution in [-0.4, -0.2) is 23.0 Å². The Labute approximate surface area is 147 Å². The molecular weight excluding hydrogens is 314 g/mol. The summed E-state index contributed by atoms with van der Waals surface area (Å²) in [6, 6.07) is 13.4. The Bertz CT molecular complexity index is 830. The minimum Gasteiger partial charge on any atom is -0.326 e. The molecule has 0 radical (unpaired) electrons. The molecule has 130 valence electrons. The molecule has 1 aliphatic heterocycles. The molecule has 2 heterocycles. The molecule has 25 heavy (non-hydrogen) atoms. The van der Waals surface area contributed by atoms with Gasteiger partial charge in [-0.3, -0.25) is 14.9 Å². The zero-order chi connectivity index (χ0) is 17.4. The Hall–Kier alpha value is -2.40. The highest BCUT2D eigenvalue weighted by atomic mass is 16.2. The van der Waals surface area contributed by atoms with Crippen molar-refractivity contribution in [3.05, 3.63) is 64.1 Å². The number of hydrogen-bond donors (Lipinski definition) is 2. The topological polar surface area (TPSA) is 65.2 Å². The second-order valence-corrected chi connectivity index (χ2v) is 7.05. The maximum Gasteiger partial charge on any atom is 0.248 e.